The lowest BCUT2D eigenvalue weighted by Gasteiger charge is -2.18. The number of halogens is 1. The first-order valence-corrected chi connectivity index (χ1v) is 4.53. The zero-order chi connectivity index (χ0) is 10.4. The summed E-state index contributed by atoms with van der Waals surface area (Å²) in [6, 6.07) is 10.9. The normalized spacial score (nSPS) is 10.5. The van der Waals surface area contributed by atoms with Gasteiger partial charge in [-0.15, -0.1) is 24.0 Å². The number of nitrogens with zero attached hydrogens (tertiary/aromatic N) is 2. The van der Waals surface area contributed by atoms with Crippen LogP contribution in [0.15, 0.2) is 35.3 Å². The summed E-state index contributed by atoms with van der Waals surface area (Å²) < 4.78 is 5.11. The summed E-state index contributed by atoms with van der Waals surface area (Å²) in [5.41, 5.74) is 1.24. The van der Waals surface area contributed by atoms with Crippen LogP contribution in [0.1, 0.15) is 5.56 Å². The van der Waals surface area contributed by atoms with E-state index in [9.17, 15) is 0 Å². The molecule has 0 amide bonds. The lowest BCUT2D eigenvalue weighted by molar-refractivity contribution is 0.304. The number of hydrogen-bond donors (Lipinski definition) is 0. The molecule has 0 saturated heterocycles. The van der Waals surface area contributed by atoms with Gasteiger partial charge in [-0.05, 0) is 5.56 Å². The molecule has 3 nitrogen and oxygen atoms in total. The minimum absolute atomic E-state index is 0. The van der Waals surface area contributed by atoms with Crippen LogP contribution in [0, 0.1) is 0 Å². The molecule has 0 bridgehead atoms. The molecule has 15 heavy (non-hydrogen) atoms. The van der Waals surface area contributed by atoms with Gasteiger partial charge in [0.2, 0.25) is 0 Å². The third-order valence-corrected chi connectivity index (χ3v) is 1.96. The summed E-state index contributed by atoms with van der Waals surface area (Å²) in [4.78, 5) is 5.99. The van der Waals surface area contributed by atoms with Crippen molar-refractivity contribution in [2.24, 2.45) is 4.99 Å². The van der Waals surface area contributed by atoms with E-state index >= 15 is 0 Å². The van der Waals surface area contributed by atoms with Gasteiger partial charge in [-0.3, -0.25) is 0 Å². The number of rotatable bonds is 2. The molecular formula is C11H17IN2O. The highest BCUT2D eigenvalue weighted by Crippen LogP contribution is 2.03. The summed E-state index contributed by atoms with van der Waals surface area (Å²) in [6.07, 6.45) is 0. The Morgan fingerprint density at radius 2 is 1.93 bits per heavy atom. The average Bonchev–Trinajstić information content (AvgIpc) is 2.21. The molecular weight excluding hydrogens is 303 g/mol. The van der Waals surface area contributed by atoms with Gasteiger partial charge in [-0.25, -0.2) is 4.99 Å². The fourth-order valence-corrected chi connectivity index (χ4v) is 1.34. The van der Waals surface area contributed by atoms with Crippen LogP contribution >= 0.6 is 24.0 Å². The molecule has 0 radical (unpaired) electrons. The maximum absolute atomic E-state index is 5.11. The fourth-order valence-electron chi connectivity index (χ4n) is 1.34. The summed E-state index contributed by atoms with van der Waals surface area (Å²) in [7, 11) is 5.31. The second kappa shape index (κ2) is 7.50. The van der Waals surface area contributed by atoms with Crippen LogP contribution in [-0.4, -0.2) is 32.1 Å². The standard InChI is InChI=1S/C11H16N2O.HI/c1-12-11(14-3)13(2)9-10-7-5-4-6-8-10;/h4-8H,9H2,1-3H3;1H. The third kappa shape index (κ3) is 4.51. The first-order chi connectivity index (χ1) is 6.77. The molecule has 0 aliphatic rings. The molecule has 1 rings (SSSR count). The number of methoxy groups -OCH3 is 1. The number of benzene rings is 1. The van der Waals surface area contributed by atoms with E-state index in [1.165, 1.54) is 5.56 Å². The van der Waals surface area contributed by atoms with E-state index in [2.05, 4.69) is 17.1 Å². The second-order valence-electron chi connectivity index (χ2n) is 3.05. The first-order valence-electron chi connectivity index (χ1n) is 4.53. The van der Waals surface area contributed by atoms with Gasteiger partial charge < -0.3 is 9.64 Å². The van der Waals surface area contributed by atoms with E-state index < -0.39 is 0 Å². The lowest BCUT2D eigenvalue weighted by atomic mass is 10.2. The Morgan fingerprint density at radius 1 is 1.33 bits per heavy atom. The summed E-state index contributed by atoms with van der Waals surface area (Å²) in [5, 5.41) is 0. The largest absolute Gasteiger partial charge is 0.468 e. The van der Waals surface area contributed by atoms with Gasteiger partial charge in [-0.1, -0.05) is 30.3 Å². The van der Waals surface area contributed by atoms with Crippen molar-refractivity contribution in [2.45, 2.75) is 6.54 Å². The number of hydrogen-bond acceptors (Lipinski definition) is 2. The lowest BCUT2D eigenvalue weighted by Crippen LogP contribution is -2.27. The van der Waals surface area contributed by atoms with E-state index in [1.54, 1.807) is 14.2 Å². The topological polar surface area (TPSA) is 24.8 Å². The predicted molar refractivity (Wildman–Crippen MR) is 73.7 cm³/mol. The Kier molecular flexibility index (Phi) is 7.11. The van der Waals surface area contributed by atoms with Gasteiger partial charge in [0.1, 0.15) is 0 Å². The van der Waals surface area contributed by atoms with Crippen molar-refractivity contribution in [1.82, 2.24) is 4.90 Å². The Bertz CT molecular complexity index is 301. The fraction of sp³-hybridized carbons (Fsp3) is 0.364. The molecule has 0 atom stereocenters. The zero-order valence-corrected chi connectivity index (χ0v) is 11.6. The van der Waals surface area contributed by atoms with Crippen LogP contribution < -0.4 is 0 Å². The highest BCUT2D eigenvalue weighted by Gasteiger charge is 2.04. The van der Waals surface area contributed by atoms with Crippen LogP contribution in [-0.2, 0) is 11.3 Å². The van der Waals surface area contributed by atoms with Gasteiger partial charge in [0.05, 0.1) is 7.11 Å². The minimum atomic E-state index is 0. The van der Waals surface area contributed by atoms with Crippen LogP contribution in [0.3, 0.4) is 0 Å². The molecule has 0 spiro atoms. The monoisotopic (exact) mass is 320 g/mol. The molecule has 0 aliphatic carbocycles. The van der Waals surface area contributed by atoms with Crippen LogP contribution in [0.25, 0.3) is 0 Å². The SMILES string of the molecule is CN=C(OC)N(C)Cc1ccccc1.I. The number of aliphatic imine (C=N–C) groups is 1. The van der Waals surface area contributed by atoms with E-state index in [0.29, 0.717) is 6.02 Å². The second-order valence-corrected chi connectivity index (χ2v) is 3.05. The zero-order valence-electron chi connectivity index (χ0n) is 9.30. The average molecular weight is 320 g/mol. The van der Waals surface area contributed by atoms with E-state index in [-0.39, 0.29) is 24.0 Å². The van der Waals surface area contributed by atoms with Gasteiger partial charge in [0, 0.05) is 20.6 Å². The molecule has 0 N–H and O–H groups in total. The minimum Gasteiger partial charge on any atom is -0.468 e. The molecule has 0 heterocycles. The van der Waals surface area contributed by atoms with Crippen molar-refractivity contribution in [3.05, 3.63) is 35.9 Å². The van der Waals surface area contributed by atoms with Gasteiger partial charge in [0.15, 0.2) is 0 Å². The van der Waals surface area contributed by atoms with Crippen molar-refractivity contribution >= 4 is 30.0 Å². The molecule has 1 aromatic rings. The maximum Gasteiger partial charge on any atom is 0.286 e. The maximum atomic E-state index is 5.11. The summed E-state index contributed by atoms with van der Waals surface area (Å²) in [6.45, 7) is 0.807. The molecule has 4 heteroatoms. The van der Waals surface area contributed by atoms with Crippen LogP contribution in [0.4, 0.5) is 0 Å². The van der Waals surface area contributed by atoms with Crippen molar-refractivity contribution in [1.29, 1.82) is 0 Å². The van der Waals surface area contributed by atoms with Gasteiger partial charge in [0.25, 0.3) is 6.02 Å². The molecule has 0 aromatic heterocycles. The molecule has 1 aromatic carbocycles. The summed E-state index contributed by atoms with van der Waals surface area (Å²) >= 11 is 0. The highest BCUT2D eigenvalue weighted by atomic mass is 127. The number of ether oxygens (including phenoxy) is 1. The van der Waals surface area contributed by atoms with E-state index in [4.69, 9.17) is 4.74 Å². The summed E-state index contributed by atoms with van der Waals surface area (Å²) in [5.74, 6) is 0. The Hall–Kier alpha value is -0.780. The van der Waals surface area contributed by atoms with Crippen molar-refractivity contribution < 1.29 is 4.74 Å². The van der Waals surface area contributed by atoms with Crippen LogP contribution in [0.5, 0.6) is 0 Å². The van der Waals surface area contributed by atoms with Crippen molar-refractivity contribution in [3.8, 4) is 0 Å². The Labute approximate surface area is 108 Å². The molecule has 0 saturated carbocycles. The van der Waals surface area contributed by atoms with Crippen molar-refractivity contribution in [3.63, 3.8) is 0 Å². The predicted octanol–water partition coefficient (Wildman–Crippen LogP) is 2.37. The van der Waals surface area contributed by atoms with Gasteiger partial charge in [-0.2, -0.15) is 0 Å². The smallest absolute Gasteiger partial charge is 0.286 e. The molecule has 84 valence electrons. The van der Waals surface area contributed by atoms with Crippen molar-refractivity contribution in [2.75, 3.05) is 21.2 Å². The van der Waals surface area contributed by atoms with E-state index in [0.717, 1.165) is 6.54 Å². The van der Waals surface area contributed by atoms with E-state index in [1.807, 2.05) is 30.1 Å². The first kappa shape index (κ1) is 14.2. The highest BCUT2D eigenvalue weighted by molar-refractivity contribution is 14.0. The Morgan fingerprint density at radius 3 is 2.40 bits per heavy atom. The molecule has 0 fully saturated rings. The third-order valence-electron chi connectivity index (χ3n) is 1.96. The molecule has 0 unspecified atom stereocenters. The number of amidine groups is 1. The quantitative estimate of drug-likeness (QED) is 0.475. The van der Waals surface area contributed by atoms with Crippen LogP contribution in [0.2, 0.25) is 0 Å². The molecule has 0 aliphatic heterocycles. The van der Waals surface area contributed by atoms with Gasteiger partial charge >= 0.3 is 0 Å². The Balaban J connectivity index is 0.00000196.